The van der Waals surface area contributed by atoms with Crippen LogP contribution in [0.25, 0.3) is 0 Å². The normalized spacial score (nSPS) is 10.2. The number of anilines is 1. The quantitative estimate of drug-likeness (QED) is 0.657. The summed E-state index contributed by atoms with van der Waals surface area (Å²) in [5.74, 6) is 0.668. The van der Waals surface area contributed by atoms with E-state index >= 15 is 0 Å². The monoisotopic (exact) mass is 258 g/mol. The van der Waals surface area contributed by atoms with Crippen LogP contribution in [0.5, 0.6) is 0 Å². The van der Waals surface area contributed by atoms with E-state index in [1.807, 2.05) is 18.2 Å². The summed E-state index contributed by atoms with van der Waals surface area (Å²) in [6.07, 6.45) is 3.79. The van der Waals surface area contributed by atoms with Crippen molar-refractivity contribution in [2.24, 2.45) is 0 Å². The molecule has 2 rings (SSSR count). The minimum absolute atomic E-state index is 0.00720. The smallest absolute Gasteiger partial charge is 0.287 e. The van der Waals surface area contributed by atoms with Crippen LogP contribution in [-0.4, -0.2) is 21.4 Å². The lowest BCUT2D eigenvalue weighted by Gasteiger charge is -2.07. The number of nitrogens with zero attached hydrogens (tertiary/aromatic N) is 3. The van der Waals surface area contributed by atoms with Gasteiger partial charge < -0.3 is 5.32 Å². The van der Waals surface area contributed by atoms with Gasteiger partial charge in [-0.15, -0.1) is 0 Å². The molecule has 0 saturated carbocycles. The van der Waals surface area contributed by atoms with Crippen LogP contribution in [0, 0.1) is 17.0 Å². The Morgan fingerprint density at radius 2 is 2.21 bits per heavy atom. The maximum absolute atomic E-state index is 10.6. The largest absolute Gasteiger partial charge is 0.369 e. The predicted molar refractivity (Wildman–Crippen MR) is 72.1 cm³/mol. The van der Waals surface area contributed by atoms with Gasteiger partial charge in [-0.05, 0) is 24.6 Å². The summed E-state index contributed by atoms with van der Waals surface area (Å²) in [6.45, 7) is 2.48. The fraction of sp³-hybridized carbons (Fsp3) is 0.231. The van der Waals surface area contributed by atoms with E-state index in [-0.39, 0.29) is 5.69 Å². The second-order valence-electron chi connectivity index (χ2n) is 4.11. The number of hydrogen-bond donors (Lipinski definition) is 1. The number of pyridine rings is 2. The number of hydrogen-bond acceptors (Lipinski definition) is 5. The average Bonchev–Trinajstić information content (AvgIpc) is 2.41. The zero-order chi connectivity index (χ0) is 13.7. The molecular weight excluding hydrogens is 244 g/mol. The van der Waals surface area contributed by atoms with E-state index in [0.29, 0.717) is 12.4 Å². The Kier molecular flexibility index (Phi) is 4.02. The second kappa shape index (κ2) is 5.90. The molecule has 0 amide bonds. The maximum Gasteiger partial charge on any atom is 0.287 e. The molecule has 0 aromatic carbocycles. The molecule has 2 aromatic rings. The summed E-state index contributed by atoms with van der Waals surface area (Å²) < 4.78 is 0. The van der Waals surface area contributed by atoms with Gasteiger partial charge >= 0.3 is 0 Å². The van der Waals surface area contributed by atoms with Crippen LogP contribution in [0.1, 0.15) is 11.3 Å². The van der Waals surface area contributed by atoms with Crippen molar-refractivity contribution < 1.29 is 4.92 Å². The summed E-state index contributed by atoms with van der Waals surface area (Å²) in [7, 11) is 0. The molecule has 19 heavy (non-hydrogen) atoms. The molecule has 2 aromatic heterocycles. The van der Waals surface area contributed by atoms with Crippen molar-refractivity contribution in [2.45, 2.75) is 13.3 Å². The van der Waals surface area contributed by atoms with E-state index in [0.717, 1.165) is 17.7 Å². The molecule has 98 valence electrons. The Bertz CT molecular complexity index is 572. The van der Waals surface area contributed by atoms with Crippen LogP contribution in [0.2, 0.25) is 0 Å². The molecule has 0 atom stereocenters. The molecule has 1 N–H and O–H groups in total. The molecular formula is C13H14N4O2. The van der Waals surface area contributed by atoms with Crippen LogP contribution in [0.15, 0.2) is 36.7 Å². The standard InChI is InChI=1S/C13H14N4O2/c1-10-8-12(17(18)19)9-16-13(10)15-7-5-11-4-2-3-6-14-11/h2-4,6,8-9H,5,7H2,1H3,(H,15,16). The van der Waals surface area contributed by atoms with Gasteiger partial charge in [0.05, 0.1) is 4.92 Å². The van der Waals surface area contributed by atoms with Gasteiger partial charge in [-0.2, -0.15) is 0 Å². The Hall–Kier alpha value is -2.50. The van der Waals surface area contributed by atoms with E-state index in [4.69, 9.17) is 0 Å². The summed E-state index contributed by atoms with van der Waals surface area (Å²) in [6, 6.07) is 7.28. The van der Waals surface area contributed by atoms with Crippen molar-refractivity contribution in [1.29, 1.82) is 0 Å². The van der Waals surface area contributed by atoms with Gasteiger partial charge in [0.1, 0.15) is 12.0 Å². The molecule has 0 aliphatic carbocycles. The van der Waals surface area contributed by atoms with Crippen LogP contribution in [0.4, 0.5) is 11.5 Å². The van der Waals surface area contributed by atoms with Crippen LogP contribution >= 0.6 is 0 Å². The first-order chi connectivity index (χ1) is 9.16. The molecule has 0 bridgehead atoms. The molecule has 0 spiro atoms. The molecule has 0 aliphatic heterocycles. The van der Waals surface area contributed by atoms with Crippen LogP contribution in [0.3, 0.4) is 0 Å². The molecule has 0 aliphatic rings. The number of nitro groups is 1. The number of aromatic nitrogens is 2. The molecule has 2 heterocycles. The molecule has 0 radical (unpaired) electrons. The van der Waals surface area contributed by atoms with Crippen molar-refractivity contribution in [1.82, 2.24) is 9.97 Å². The lowest BCUT2D eigenvalue weighted by Crippen LogP contribution is -2.08. The van der Waals surface area contributed by atoms with Gasteiger partial charge in [-0.25, -0.2) is 4.98 Å². The van der Waals surface area contributed by atoms with Crippen molar-refractivity contribution in [3.8, 4) is 0 Å². The van der Waals surface area contributed by atoms with Crippen LogP contribution < -0.4 is 5.32 Å². The minimum atomic E-state index is -0.447. The summed E-state index contributed by atoms with van der Waals surface area (Å²) in [4.78, 5) is 18.4. The molecule has 0 unspecified atom stereocenters. The zero-order valence-electron chi connectivity index (χ0n) is 10.5. The highest BCUT2D eigenvalue weighted by Crippen LogP contribution is 2.17. The SMILES string of the molecule is Cc1cc([N+](=O)[O-])cnc1NCCc1ccccn1. The molecule has 6 heteroatoms. The number of nitrogens with one attached hydrogen (secondary N) is 1. The fourth-order valence-corrected chi connectivity index (χ4v) is 1.70. The van der Waals surface area contributed by atoms with Crippen LogP contribution in [-0.2, 0) is 6.42 Å². The van der Waals surface area contributed by atoms with E-state index in [1.54, 1.807) is 13.1 Å². The molecule has 0 saturated heterocycles. The van der Waals surface area contributed by atoms with Gasteiger partial charge in [0.25, 0.3) is 5.69 Å². The van der Waals surface area contributed by atoms with Gasteiger partial charge in [-0.1, -0.05) is 6.07 Å². The lowest BCUT2D eigenvalue weighted by atomic mass is 10.2. The van der Waals surface area contributed by atoms with E-state index in [1.165, 1.54) is 12.3 Å². The lowest BCUT2D eigenvalue weighted by molar-refractivity contribution is -0.385. The third-order valence-electron chi connectivity index (χ3n) is 2.67. The van der Waals surface area contributed by atoms with E-state index in [2.05, 4.69) is 15.3 Å². The highest BCUT2D eigenvalue weighted by molar-refractivity contribution is 5.48. The van der Waals surface area contributed by atoms with Gasteiger partial charge in [0.2, 0.25) is 0 Å². The first-order valence-electron chi connectivity index (χ1n) is 5.91. The summed E-state index contributed by atoms with van der Waals surface area (Å²) in [5.41, 5.74) is 1.76. The Morgan fingerprint density at radius 1 is 1.37 bits per heavy atom. The summed E-state index contributed by atoms with van der Waals surface area (Å²) in [5, 5.41) is 13.8. The molecule has 6 nitrogen and oxygen atoms in total. The maximum atomic E-state index is 10.6. The van der Waals surface area contributed by atoms with Crippen molar-refractivity contribution in [3.05, 3.63) is 58.0 Å². The predicted octanol–water partition coefficient (Wildman–Crippen LogP) is 2.35. The Labute approximate surface area is 110 Å². The highest BCUT2D eigenvalue weighted by atomic mass is 16.6. The molecule has 0 fully saturated rings. The van der Waals surface area contributed by atoms with Crippen molar-refractivity contribution >= 4 is 11.5 Å². The zero-order valence-corrected chi connectivity index (χ0v) is 10.5. The third-order valence-corrected chi connectivity index (χ3v) is 2.67. The van der Waals surface area contributed by atoms with E-state index in [9.17, 15) is 10.1 Å². The van der Waals surface area contributed by atoms with Gasteiger partial charge in [0.15, 0.2) is 0 Å². The first kappa shape index (κ1) is 12.9. The average molecular weight is 258 g/mol. The fourth-order valence-electron chi connectivity index (χ4n) is 1.70. The van der Waals surface area contributed by atoms with Gasteiger partial charge in [-0.3, -0.25) is 15.1 Å². The number of aryl methyl sites for hydroxylation is 1. The van der Waals surface area contributed by atoms with Crippen molar-refractivity contribution in [2.75, 3.05) is 11.9 Å². The van der Waals surface area contributed by atoms with Crippen molar-refractivity contribution in [3.63, 3.8) is 0 Å². The first-order valence-corrected chi connectivity index (χ1v) is 5.91. The third kappa shape index (κ3) is 3.48. The highest BCUT2D eigenvalue weighted by Gasteiger charge is 2.08. The topological polar surface area (TPSA) is 81.0 Å². The summed E-state index contributed by atoms with van der Waals surface area (Å²) >= 11 is 0. The second-order valence-corrected chi connectivity index (χ2v) is 4.11. The number of rotatable bonds is 5. The minimum Gasteiger partial charge on any atom is -0.369 e. The van der Waals surface area contributed by atoms with Gasteiger partial charge in [0, 0.05) is 30.9 Å². The van der Waals surface area contributed by atoms with E-state index < -0.39 is 4.92 Å². The Morgan fingerprint density at radius 3 is 2.84 bits per heavy atom. The Balaban J connectivity index is 1.95.